The van der Waals surface area contributed by atoms with Gasteiger partial charge >= 0.3 is 0 Å². The number of rotatable bonds is 8. The number of amides is 1. The highest BCUT2D eigenvalue weighted by molar-refractivity contribution is 5.78. The summed E-state index contributed by atoms with van der Waals surface area (Å²) >= 11 is 0. The van der Waals surface area contributed by atoms with Gasteiger partial charge < -0.3 is 15.4 Å². The molecule has 0 aliphatic rings. The molecule has 0 bridgehead atoms. The van der Waals surface area contributed by atoms with E-state index in [2.05, 4.69) is 22.7 Å². The van der Waals surface area contributed by atoms with E-state index in [1.165, 1.54) is 5.56 Å². The third-order valence-electron chi connectivity index (χ3n) is 3.35. The molecule has 20 heavy (non-hydrogen) atoms. The van der Waals surface area contributed by atoms with Crippen molar-refractivity contribution in [3.05, 3.63) is 17.0 Å². The largest absolute Gasteiger partial charge is 0.383 e. The van der Waals surface area contributed by atoms with Gasteiger partial charge in [-0.3, -0.25) is 9.48 Å². The van der Waals surface area contributed by atoms with Gasteiger partial charge in [0.25, 0.3) is 0 Å². The molecule has 0 fully saturated rings. The van der Waals surface area contributed by atoms with Gasteiger partial charge in [0.2, 0.25) is 5.91 Å². The van der Waals surface area contributed by atoms with Crippen LogP contribution < -0.4 is 10.6 Å². The minimum Gasteiger partial charge on any atom is -0.383 e. The van der Waals surface area contributed by atoms with Gasteiger partial charge in [0.1, 0.15) is 0 Å². The van der Waals surface area contributed by atoms with Crippen molar-refractivity contribution in [3.63, 3.8) is 0 Å². The van der Waals surface area contributed by atoms with Gasteiger partial charge in [-0.15, -0.1) is 0 Å². The molecule has 1 amide bonds. The lowest BCUT2D eigenvalue weighted by Gasteiger charge is -2.14. The summed E-state index contributed by atoms with van der Waals surface area (Å²) in [5, 5.41) is 10.4. The van der Waals surface area contributed by atoms with Gasteiger partial charge in [0.05, 0.1) is 18.8 Å². The van der Waals surface area contributed by atoms with E-state index in [-0.39, 0.29) is 11.9 Å². The number of hydrogen-bond donors (Lipinski definition) is 2. The molecule has 1 unspecified atom stereocenters. The van der Waals surface area contributed by atoms with E-state index in [0.29, 0.717) is 19.7 Å². The van der Waals surface area contributed by atoms with Crippen LogP contribution in [0.4, 0.5) is 0 Å². The number of aromatic nitrogens is 2. The fourth-order valence-corrected chi connectivity index (χ4v) is 2.17. The topological polar surface area (TPSA) is 68.2 Å². The highest BCUT2D eigenvalue weighted by atomic mass is 16.5. The van der Waals surface area contributed by atoms with Crippen LogP contribution in [0.5, 0.6) is 0 Å². The Morgan fingerprint density at radius 2 is 2.15 bits per heavy atom. The maximum atomic E-state index is 11.7. The predicted octanol–water partition coefficient (Wildman–Crippen LogP) is 0.320. The summed E-state index contributed by atoms with van der Waals surface area (Å²) in [6.07, 6.45) is 0.801. The molecule has 1 aromatic heterocycles. The number of carbonyl (C=O) groups excluding carboxylic acids is 1. The molecule has 1 aromatic rings. The van der Waals surface area contributed by atoms with Gasteiger partial charge in [-0.25, -0.2) is 0 Å². The molecule has 2 N–H and O–H groups in total. The zero-order valence-electron chi connectivity index (χ0n) is 13.1. The maximum Gasteiger partial charge on any atom is 0.234 e. The molecule has 0 radical (unpaired) electrons. The van der Waals surface area contributed by atoms with Crippen molar-refractivity contribution in [1.29, 1.82) is 0 Å². The molecule has 0 spiro atoms. The Bertz CT molecular complexity index is 443. The van der Waals surface area contributed by atoms with E-state index in [9.17, 15) is 4.79 Å². The zero-order chi connectivity index (χ0) is 15.1. The van der Waals surface area contributed by atoms with E-state index in [0.717, 1.165) is 17.8 Å². The Labute approximate surface area is 120 Å². The van der Waals surface area contributed by atoms with Crippen LogP contribution in [0.25, 0.3) is 0 Å². The van der Waals surface area contributed by atoms with E-state index in [1.807, 2.05) is 25.6 Å². The first-order chi connectivity index (χ1) is 9.45. The van der Waals surface area contributed by atoms with Crippen LogP contribution in [-0.4, -0.2) is 48.5 Å². The molecule has 0 aliphatic carbocycles. The second-order valence-corrected chi connectivity index (χ2v) is 5.12. The summed E-state index contributed by atoms with van der Waals surface area (Å²) in [7, 11) is 3.58. The molecule has 0 aliphatic heterocycles. The molecular formula is C14H26N4O2. The molecular weight excluding hydrogens is 256 g/mol. The van der Waals surface area contributed by atoms with Crippen molar-refractivity contribution in [1.82, 2.24) is 20.4 Å². The van der Waals surface area contributed by atoms with Crippen molar-refractivity contribution in [2.75, 3.05) is 26.8 Å². The van der Waals surface area contributed by atoms with Crippen LogP contribution in [-0.2, 0) is 23.0 Å². The fraction of sp³-hybridized carbons (Fsp3) is 0.714. The first-order valence-corrected chi connectivity index (χ1v) is 6.93. The number of ether oxygens (including phenoxy) is 1. The molecule has 6 nitrogen and oxygen atoms in total. The number of hydrogen-bond acceptors (Lipinski definition) is 4. The Kier molecular flexibility index (Phi) is 6.67. The highest BCUT2D eigenvalue weighted by Crippen LogP contribution is 2.13. The minimum absolute atomic E-state index is 0.00722. The number of aryl methyl sites for hydroxylation is 2. The Balaban J connectivity index is 2.39. The van der Waals surface area contributed by atoms with Crippen LogP contribution >= 0.6 is 0 Å². The van der Waals surface area contributed by atoms with Crippen molar-refractivity contribution in [3.8, 4) is 0 Å². The van der Waals surface area contributed by atoms with Crippen molar-refractivity contribution >= 4 is 5.91 Å². The van der Waals surface area contributed by atoms with Crippen LogP contribution in [0, 0.1) is 13.8 Å². The normalized spacial score (nSPS) is 12.4. The quantitative estimate of drug-likeness (QED) is 0.674. The third kappa shape index (κ3) is 4.94. The smallest absolute Gasteiger partial charge is 0.234 e. The molecule has 1 atom stereocenters. The Hall–Kier alpha value is -1.40. The van der Waals surface area contributed by atoms with Crippen molar-refractivity contribution < 1.29 is 9.53 Å². The van der Waals surface area contributed by atoms with E-state index < -0.39 is 0 Å². The average Bonchev–Trinajstić information content (AvgIpc) is 2.61. The summed E-state index contributed by atoms with van der Waals surface area (Å²) in [6, 6.07) is 0.0910. The average molecular weight is 282 g/mol. The van der Waals surface area contributed by atoms with E-state index in [4.69, 9.17) is 4.74 Å². The molecule has 0 saturated heterocycles. The number of carbonyl (C=O) groups is 1. The van der Waals surface area contributed by atoms with Crippen molar-refractivity contribution in [2.45, 2.75) is 33.2 Å². The van der Waals surface area contributed by atoms with Crippen LogP contribution in [0.1, 0.15) is 23.9 Å². The number of nitrogens with one attached hydrogen (secondary N) is 2. The molecule has 1 rings (SSSR count). The highest BCUT2D eigenvalue weighted by Gasteiger charge is 2.14. The van der Waals surface area contributed by atoms with Crippen LogP contribution in [0.15, 0.2) is 0 Å². The standard InChI is InChI=1S/C14H26N4O2/c1-10(16-14(19)9-15-6-7-20-5)8-13-11(2)17-18(4)12(13)3/h10,15H,6-9H2,1-5H3,(H,16,19). The molecule has 0 saturated carbocycles. The molecule has 6 heteroatoms. The molecule has 0 aromatic carbocycles. The number of nitrogens with zero attached hydrogens (tertiary/aromatic N) is 2. The van der Waals surface area contributed by atoms with Crippen LogP contribution in [0.2, 0.25) is 0 Å². The maximum absolute atomic E-state index is 11.7. The first-order valence-electron chi connectivity index (χ1n) is 6.93. The Morgan fingerprint density at radius 3 is 2.70 bits per heavy atom. The van der Waals surface area contributed by atoms with Crippen molar-refractivity contribution in [2.24, 2.45) is 7.05 Å². The fourth-order valence-electron chi connectivity index (χ4n) is 2.17. The lowest BCUT2D eigenvalue weighted by Crippen LogP contribution is -2.40. The van der Waals surface area contributed by atoms with Gasteiger partial charge in [-0.1, -0.05) is 0 Å². The second-order valence-electron chi connectivity index (χ2n) is 5.12. The summed E-state index contributed by atoms with van der Waals surface area (Å²) in [4.78, 5) is 11.7. The predicted molar refractivity (Wildman–Crippen MR) is 78.7 cm³/mol. The van der Waals surface area contributed by atoms with E-state index >= 15 is 0 Å². The number of methoxy groups -OCH3 is 1. The van der Waals surface area contributed by atoms with Gasteiger partial charge in [0, 0.05) is 32.4 Å². The van der Waals surface area contributed by atoms with Gasteiger partial charge in [-0.2, -0.15) is 5.10 Å². The van der Waals surface area contributed by atoms with E-state index in [1.54, 1.807) is 7.11 Å². The molecule has 1 heterocycles. The summed E-state index contributed by atoms with van der Waals surface area (Å²) in [5.74, 6) is 0.00722. The Morgan fingerprint density at radius 1 is 1.45 bits per heavy atom. The minimum atomic E-state index is 0.00722. The third-order valence-corrected chi connectivity index (χ3v) is 3.35. The monoisotopic (exact) mass is 282 g/mol. The van der Waals surface area contributed by atoms with Gasteiger partial charge in [-0.05, 0) is 32.8 Å². The summed E-state index contributed by atoms with van der Waals surface area (Å²) in [6.45, 7) is 7.67. The lowest BCUT2D eigenvalue weighted by atomic mass is 10.1. The molecule has 114 valence electrons. The van der Waals surface area contributed by atoms with Crippen LogP contribution in [0.3, 0.4) is 0 Å². The SMILES string of the molecule is COCCNCC(=O)NC(C)Cc1c(C)nn(C)c1C. The first kappa shape index (κ1) is 16.7. The summed E-state index contributed by atoms with van der Waals surface area (Å²) < 4.78 is 6.79. The lowest BCUT2D eigenvalue weighted by molar-refractivity contribution is -0.120. The zero-order valence-corrected chi connectivity index (χ0v) is 13.1. The van der Waals surface area contributed by atoms with Gasteiger partial charge in [0.15, 0.2) is 0 Å². The second kappa shape index (κ2) is 8.01. The summed E-state index contributed by atoms with van der Waals surface area (Å²) in [5.41, 5.74) is 3.40.